The number of hydrogen-bond donors (Lipinski definition) is 1. The molecule has 0 spiro atoms. The third-order valence-electron chi connectivity index (χ3n) is 4.95. The highest BCUT2D eigenvalue weighted by Crippen LogP contribution is 2.28. The van der Waals surface area contributed by atoms with Gasteiger partial charge in [-0.25, -0.2) is 14.4 Å². The van der Waals surface area contributed by atoms with Crippen LogP contribution in [-0.2, 0) is 4.79 Å². The zero-order valence-electron chi connectivity index (χ0n) is 16.9. The first-order valence-electron chi connectivity index (χ1n) is 9.90. The molecule has 1 aromatic heterocycles. The molecule has 33 heavy (non-hydrogen) atoms. The average molecular weight is 520 g/mol. The lowest BCUT2D eigenvalue weighted by Crippen LogP contribution is -2.30. The molecule has 0 fully saturated rings. The molecule has 0 bridgehead atoms. The zero-order chi connectivity index (χ0) is 22.9. The van der Waals surface area contributed by atoms with E-state index in [1.807, 2.05) is 42.5 Å². The molecule has 1 amide bonds. The average Bonchev–Trinajstić information content (AvgIpc) is 3.10. The number of benzene rings is 3. The van der Waals surface area contributed by atoms with Gasteiger partial charge in [0.15, 0.2) is 4.80 Å². The van der Waals surface area contributed by atoms with Crippen LogP contribution in [0.2, 0.25) is 0 Å². The van der Waals surface area contributed by atoms with Gasteiger partial charge in [0, 0.05) is 15.3 Å². The number of fused-ring (bicyclic) bond motifs is 1. The van der Waals surface area contributed by atoms with Crippen molar-refractivity contribution in [3.63, 3.8) is 0 Å². The van der Waals surface area contributed by atoms with Crippen LogP contribution in [0.15, 0.2) is 92.8 Å². The van der Waals surface area contributed by atoms with Gasteiger partial charge in [-0.3, -0.25) is 9.36 Å². The van der Waals surface area contributed by atoms with E-state index in [1.165, 1.54) is 28.0 Å². The molecule has 0 saturated carbocycles. The second-order valence-corrected chi connectivity index (χ2v) is 9.12. The molecule has 1 N–H and O–H groups in total. The van der Waals surface area contributed by atoms with Gasteiger partial charge in [0.2, 0.25) is 5.88 Å². The lowest BCUT2D eigenvalue weighted by molar-refractivity contribution is -0.114. The number of aromatic hydroxyl groups is 1. The van der Waals surface area contributed by atoms with Crippen molar-refractivity contribution < 1.29 is 14.3 Å². The van der Waals surface area contributed by atoms with Gasteiger partial charge < -0.3 is 5.11 Å². The standard InChI is InChI=1S/C25H15BrFN3O2S/c26-17-6-11-21-15(13-17)12-16(23(31)29-21)14-22-24(32)30(20-9-7-18(27)8-10-20)25(33-22)28-19-4-2-1-3-5-19/h1-14,32H/b16-14-,28-25?. The fourth-order valence-corrected chi connectivity index (χ4v) is 4.76. The minimum Gasteiger partial charge on any atom is -0.493 e. The highest BCUT2D eigenvalue weighted by atomic mass is 79.9. The van der Waals surface area contributed by atoms with Gasteiger partial charge in [-0.1, -0.05) is 45.5 Å². The van der Waals surface area contributed by atoms with E-state index in [4.69, 9.17) is 0 Å². The second-order valence-electron chi connectivity index (χ2n) is 7.20. The lowest BCUT2D eigenvalue weighted by atomic mass is 10.1. The van der Waals surface area contributed by atoms with E-state index in [-0.39, 0.29) is 11.7 Å². The summed E-state index contributed by atoms with van der Waals surface area (Å²) in [5, 5.41) is 12.5. The van der Waals surface area contributed by atoms with Gasteiger partial charge in [-0.2, -0.15) is 0 Å². The Balaban J connectivity index is 1.71. The van der Waals surface area contributed by atoms with Crippen LogP contribution in [0.5, 0.6) is 5.88 Å². The van der Waals surface area contributed by atoms with Crippen LogP contribution in [0.4, 0.5) is 10.1 Å². The summed E-state index contributed by atoms with van der Waals surface area (Å²) in [5.41, 5.74) is 1.58. The number of nitrogens with zero attached hydrogens (tertiary/aromatic N) is 3. The van der Waals surface area contributed by atoms with Gasteiger partial charge in [0.1, 0.15) is 5.82 Å². The van der Waals surface area contributed by atoms with Crippen molar-refractivity contribution in [3.8, 4) is 11.6 Å². The summed E-state index contributed by atoms with van der Waals surface area (Å²) in [6, 6.07) is 20.5. The second kappa shape index (κ2) is 8.73. The summed E-state index contributed by atoms with van der Waals surface area (Å²) in [5.74, 6) is -0.880. The van der Waals surface area contributed by atoms with Crippen LogP contribution in [0.25, 0.3) is 17.8 Å². The highest BCUT2D eigenvalue weighted by molar-refractivity contribution is 9.10. The van der Waals surface area contributed by atoms with Gasteiger partial charge in [-0.15, -0.1) is 0 Å². The van der Waals surface area contributed by atoms with Crippen molar-refractivity contribution in [3.05, 3.63) is 109 Å². The van der Waals surface area contributed by atoms with E-state index >= 15 is 0 Å². The number of carbonyl (C=O) groups excluding carboxylic acids is 1. The maximum Gasteiger partial charge on any atom is 0.277 e. The van der Waals surface area contributed by atoms with Crippen LogP contribution in [0.3, 0.4) is 0 Å². The number of para-hydroxylation sites is 1. The minimum atomic E-state index is -0.396. The molecular formula is C25H15BrFN3O2S. The third kappa shape index (κ3) is 4.35. The predicted octanol–water partition coefficient (Wildman–Crippen LogP) is 4.40. The summed E-state index contributed by atoms with van der Waals surface area (Å²) in [6.07, 6.45) is 3.34. The fraction of sp³-hybridized carbons (Fsp3) is 0. The number of rotatable bonds is 3. The van der Waals surface area contributed by atoms with Gasteiger partial charge in [0.25, 0.3) is 5.91 Å². The first-order valence-corrected chi connectivity index (χ1v) is 11.5. The predicted molar refractivity (Wildman–Crippen MR) is 129 cm³/mol. The minimum absolute atomic E-state index is 0.102. The smallest absolute Gasteiger partial charge is 0.277 e. The molecule has 1 aliphatic heterocycles. The molecular weight excluding hydrogens is 505 g/mol. The van der Waals surface area contributed by atoms with E-state index in [1.54, 1.807) is 30.4 Å². The normalized spacial score (nSPS) is 14.7. The van der Waals surface area contributed by atoms with E-state index < -0.39 is 5.91 Å². The van der Waals surface area contributed by atoms with Gasteiger partial charge in [0.05, 0.1) is 21.6 Å². The maximum absolute atomic E-state index is 13.5. The van der Waals surface area contributed by atoms with Gasteiger partial charge >= 0.3 is 0 Å². The van der Waals surface area contributed by atoms with Crippen LogP contribution in [0.1, 0.15) is 4.88 Å². The molecule has 3 aromatic carbocycles. The summed E-state index contributed by atoms with van der Waals surface area (Å²) < 4.78 is 15.9. The van der Waals surface area contributed by atoms with Crippen molar-refractivity contribution >= 4 is 51.0 Å². The quantitative estimate of drug-likeness (QED) is 0.407. The molecule has 2 heterocycles. The molecule has 0 radical (unpaired) electrons. The Kier molecular flexibility index (Phi) is 5.62. The number of thiazole rings is 1. The van der Waals surface area contributed by atoms with E-state index in [0.717, 1.165) is 9.69 Å². The van der Waals surface area contributed by atoms with Crippen LogP contribution in [0, 0.1) is 5.82 Å². The largest absolute Gasteiger partial charge is 0.493 e. The number of halogens is 2. The SMILES string of the molecule is O=C1N=c2ccc(Br)cc2=C/C1=C/c1sc(=Nc2ccccc2)n(-c2ccc(F)cc2)c1O. The first kappa shape index (κ1) is 21.2. The van der Waals surface area contributed by atoms with Gasteiger partial charge in [-0.05, 0) is 66.7 Å². The summed E-state index contributed by atoms with van der Waals surface area (Å²) in [6.45, 7) is 0. The van der Waals surface area contributed by atoms with Crippen LogP contribution < -0.4 is 15.4 Å². The maximum atomic E-state index is 13.5. The molecule has 8 heteroatoms. The Hall–Kier alpha value is -3.62. The molecule has 5 nitrogen and oxygen atoms in total. The molecule has 4 aromatic rings. The molecule has 0 atom stereocenters. The third-order valence-corrected chi connectivity index (χ3v) is 6.42. The van der Waals surface area contributed by atoms with E-state index in [9.17, 15) is 14.3 Å². The lowest BCUT2D eigenvalue weighted by Gasteiger charge is -2.06. The fourth-order valence-electron chi connectivity index (χ4n) is 3.38. The van der Waals surface area contributed by atoms with Crippen molar-refractivity contribution in [2.24, 2.45) is 9.98 Å². The Morgan fingerprint density at radius 1 is 1.06 bits per heavy atom. The van der Waals surface area contributed by atoms with Crippen molar-refractivity contribution in [2.45, 2.75) is 0 Å². The van der Waals surface area contributed by atoms with Crippen molar-refractivity contribution in [2.75, 3.05) is 0 Å². The molecule has 1 aliphatic rings. The van der Waals surface area contributed by atoms with E-state index in [0.29, 0.717) is 32.0 Å². The highest BCUT2D eigenvalue weighted by Gasteiger charge is 2.17. The number of hydrogen-bond acceptors (Lipinski definition) is 4. The van der Waals surface area contributed by atoms with Crippen LogP contribution in [-0.4, -0.2) is 15.6 Å². The monoisotopic (exact) mass is 519 g/mol. The first-order chi connectivity index (χ1) is 16.0. The van der Waals surface area contributed by atoms with Crippen molar-refractivity contribution in [1.29, 1.82) is 0 Å². The Labute approximate surface area is 200 Å². The summed E-state index contributed by atoms with van der Waals surface area (Å²) in [7, 11) is 0. The Morgan fingerprint density at radius 3 is 2.58 bits per heavy atom. The van der Waals surface area contributed by atoms with Crippen LogP contribution >= 0.6 is 27.3 Å². The van der Waals surface area contributed by atoms with Crippen molar-refractivity contribution in [1.82, 2.24) is 4.57 Å². The summed E-state index contributed by atoms with van der Waals surface area (Å²) in [4.78, 5) is 22.3. The summed E-state index contributed by atoms with van der Waals surface area (Å²) >= 11 is 4.65. The number of amides is 1. The zero-order valence-corrected chi connectivity index (χ0v) is 19.3. The molecule has 162 valence electrons. The molecule has 0 unspecified atom stereocenters. The van der Waals surface area contributed by atoms with E-state index in [2.05, 4.69) is 25.9 Å². The topological polar surface area (TPSA) is 67.0 Å². The molecule has 0 saturated heterocycles. The molecule has 0 aliphatic carbocycles. The number of carbonyl (C=O) groups is 1. The number of aromatic nitrogens is 1. The molecule has 5 rings (SSSR count). The Morgan fingerprint density at radius 2 is 1.82 bits per heavy atom. The Bertz CT molecular complexity index is 1600.